The Hall–Kier alpha value is -0.900. The summed E-state index contributed by atoms with van der Waals surface area (Å²) in [5, 5.41) is 13.2. The molecule has 0 saturated carbocycles. The molecule has 96 valence electrons. The van der Waals surface area contributed by atoms with Crippen molar-refractivity contribution in [3.05, 3.63) is 35.4 Å². The van der Waals surface area contributed by atoms with Crippen molar-refractivity contribution in [1.29, 1.82) is 0 Å². The fourth-order valence-corrected chi connectivity index (χ4v) is 1.62. The third-order valence-electron chi connectivity index (χ3n) is 3.00. The van der Waals surface area contributed by atoms with Crippen molar-refractivity contribution in [1.82, 2.24) is 5.32 Å². The molecule has 0 saturated heterocycles. The first-order valence-corrected chi connectivity index (χ1v) is 6.08. The van der Waals surface area contributed by atoms with E-state index in [0.717, 1.165) is 13.0 Å². The minimum Gasteiger partial charge on any atom is -0.389 e. The van der Waals surface area contributed by atoms with Gasteiger partial charge in [0.25, 0.3) is 0 Å². The first-order valence-electron chi connectivity index (χ1n) is 6.08. The SMILES string of the molecule is CCC(C)(O)CNCc1ccccc1COC. The maximum Gasteiger partial charge on any atom is 0.0741 e. The summed E-state index contributed by atoms with van der Waals surface area (Å²) >= 11 is 0. The van der Waals surface area contributed by atoms with Crippen LogP contribution in [0.2, 0.25) is 0 Å². The van der Waals surface area contributed by atoms with Crippen LogP contribution in [0.25, 0.3) is 0 Å². The molecule has 0 aliphatic carbocycles. The summed E-state index contributed by atoms with van der Waals surface area (Å²) in [5.74, 6) is 0. The molecule has 2 N–H and O–H groups in total. The predicted molar refractivity (Wildman–Crippen MR) is 69.8 cm³/mol. The van der Waals surface area contributed by atoms with Gasteiger partial charge in [-0.25, -0.2) is 0 Å². The zero-order valence-electron chi connectivity index (χ0n) is 11.0. The number of hydrogen-bond acceptors (Lipinski definition) is 3. The minimum atomic E-state index is -0.629. The predicted octanol–water partition coefficient (Wildman–Crippen LogP) is 2.08. The average molecular weight is 237 g/mol. The number of methoxy groups -OCH3 is 1. The summed E-state index contributed by atoms with van der Waals surface area (Å²) in [6, 6.07) is 8.19. The molecule has 1 unspecified atom stereocenters. The molecule has 0 radical (unpaired) electrons. The molecule has 17 heavy (non-hydrogen) atoms. The highest BCUT2D eigenvalue weighted by molar-refractivity contribution is 5.26. The summed E-state index contributed by atoms with van der Waals surface area (Å²) in [4.78, 5) is 0. The Morgan fingerprint density at radius 3 is 2.53 bits per heavy atom. The number of aliphatic hydroxyl groups is 1. The summed E-state index contributed by atoms with van der Waals surface area (Å²) in [7, 11) is 1.70. The van der Waals surface area contributed by atoms with Crippen LogP contribution in [0.15, 0.2) is 24.3 Å². The molecule has 0 aliphatic rings. The summed E-state index contributed by atoms with van der Waals surface area (Å²) in [6.45, 7) is 5.82. The Bertz CT molecular complexity index is 337. The smallest absolute Gasteiger partial charge is 0.0741 e. The van der Waals surface area contributed by atoms with E-state index >= 15 is 0 Å². The first kappa shape index (κ1) is 14.2. The van der Waals surface area contributed by atoms with Gasteiger partial charge in [-0.2, -0.15) is 0 Å². The van der Waals surface area contributed by atoms with Crippen molar-refractivity contribution in [2.24, 2.45) is 0 Å². The molecule has 3 heteroatoms. The van der Waals surface area contributed by atoms with Gasteiger partial charge in [-0.15, -0.1) is 0 Å². The molecule has 1 aromatic carbocycles. The lowest BCUT2D eigenvalue weighted by Gasteiger charge is -2.22. The lowest BCUT2D eigenvalue weighted by Crippen LogP contribution is -2.36. The Morgan fingerprint density at radius 1 is 1.29 bits per heavy atom. The monoisotopic (exact) mass is 237 g/mol. The summed E-state index contributed by atoms with van der Waals surface area (Å²) < 4.78 is 5.16. The quantitative estimate of drug-likeness (QED) is 0.763. The topological polar surface area (TPSA) is 41.5 Å². The normalized spacial score (nSPS) is 14.6. The van der Waals surface area contributed by atoms with Crippen molar-refractivity contribution in [2.75, 3.05) is 13.7 Å². The molecular weight excluding hydrogens is 214 g/mol. The van der Waals surface area contributed by atoms with Crippen LogP contribution in [0.4, 0.5) is 0 Å². The van der Waals surface area contributed by atoms with Crippen molar-refractivity contribution in [3.8, 4) is 0 Å². The van der Waals surface area contributed by atoms with E-state index < -0.39 is 5.60 Å². The lowest BCUT2D eigenvalue weighted by molar-refractivity contribution is 0.0555. The van der Waals surface area contributed by atoms with E-state index in [0.29, 0.717) is 13.2 Å². The van der Waals surface area contributed by atoms with Gasteiger partial charge in [-0.05, 0) is 24.5 Å². The Labute approximate surface area is 104 Å². The van der Waals surface area contributed by atoms with Gasteiger partial charge in [-0.3, -0.25) is 0 Å². The fourth-order valence-electron chi connectivity index (χ4n) is 1.62. The molecule has 0 spiro atoms. The largest absolute Gasteiger partial charge is 0.389 e. The number of benzene rings is 1. The molecule has 3 nitrogen and oxygen atoms in total. The Morgan fingerprint density at radius 2 is 1.94 bits per heavy atom. The molecule has 1 rings (SSSR count). The molecule has 0 bridgehead atoms. The summed E-state index contributed by atoms with van der Waals surface area (Å²) in [5.41, 5.74) is 1.79. The standard InChI is InChI=1S/C14H23NO2/c1-4-14(2,16)11-15-9-12-7-5-6-8-13(12)10-17-3/h5-8,15-16H,4,9-11H2,1-3H3. The second kappa shape index (κ2) is 6.74. The van der Waals surface area contributed by atoms with Gasteiger partial charge in [0.2, 0.25) is 0 Å². The van der Waals surface area contributed by atoms with E-state index in [-0.39, 0.29) is 0 Å². The lowest BCUT2D eigenvalue weighted by atomic mass is 10.0. The third kappa shape index (κ3) is 4.86. The highest BCUT2D eigenvalue weighted by Crippen LogP contribution is 2.11. The van der Waals surface area contributed by atoms with Crippen LogP contribution in [-0.4, -0.2) is 24.4 Å². The van der Waals surface area contributed by atoms with E-state index in [2.05, 4.69) is 17.4 Å². The Kier molecular flexibility index (Phi) is 5.62. The molecule has 0 amide bonds. The van der Waals surface area contributed by atoms with Crippen LogP contribution in [-0.2, 0) is 17.9 Å². The number of ether oxygens (including phenoxy) is 1. The van der Waals surface area contributed by atoms with Crippen LogP contribution < -0.4 is 5.32 Å². The van der Waals surface area contributed by atoms with Gasteiger partial charge in [-0.1, -0.05) is 31.2 Å². The van der Waals surface area contributed by atoms with Crippen LogP contribution in [0.5, 0.6) is 0 Å². The molecule has 1 atom stereocenters. The third-order valence-corrected chi connectivity index (χ3v) is 3.00. The minimum absolute atomic E-state index is 0.602. The molecular formula is C14H23NO2. The zero-order valence-corrected chi connectivity index (χ0v) is 11.0. The highest BCUT2D eigenvalue weighted by Gasteiger charge is 2.16. The number of rotatable bonds is 7. The van der Waals surface area contributed by atoms with Gasteiger partial charge >= 0.3 is 0 Å². The second-order valence-electron chi connectivity index (χ2n) is 4.66. The van der Waals surface area contributed by atoms with Crippen LogP contribution in [0, 0.1) is 0 Å². The van der Waals surface area contributed by atoms with E-state index in [4.69, 9.17) is 4.74 Å². The highest BCUT2D eigenvalue weighted by atomic mass is 16.5. The van der Waals surface area contributed by atoms with Crippen molar-refractivity contribution in [2.45, 2.75) is 39.0 Å². The number of nitrogens with one attached hydrogen (secondary N) is 1. The van der Waals surface area contributed by atoms with Gasteiger partial charge in [0.15, 0.2) is 0 Å². The molecule has 0 fully saturated rings. The zero-order chi connectivity index (χ0) is 12.7. The van der Waals surface area contributed by atoms with Crippen LogP contribution in [0.3, 0.4) is 0 Å². The average Bonchev–Trinajstić information content (AvgIpc) is 2.31. The fraction of sp³-hybridized carbons (Fsp3) is 0.571. The van der Waals surface area contributed by atoms with E-state index in [1.807, 2.05) is 26.0 Å². The van der Waals surface area contributed by atoms with Gasteiger partial charge in [0, 0.05) is 20.2 Å². The van der Waals surface area contributed by atoms with E-state index in [9.17, 15) is 5.11 Å². The van der Waals surface area contributed by atoms with Crippen LogP contribution in [0.1, 0.15) is 31.4 Å². The first-order chi connectivity index (χ1) is 8.09. The molecule has 0 aromatic heterocycles. The van der Waals surface area contributed by atoms with Gasteiger partial charge in [0.1, 0.15) is 0 Å². The second-order valence-corrected chi connectivity index (χ2v) is 4.66. The maximum absolute atomic E-state index is 9.89. The van der Waals surface area contributed by atoms with Crippen LogP contribution >= 0.6 is 0 Å². The van der Waals surface area contributed by atoms with Crippen molar-refractivity contribution in [3.63, 3.8) is 0 Å². The van der Waals surface area contributed by atoms with E-state index in [1.165, 1.54) is 11.1 Å². The molecule has 1 aromatic rings. The van der Waals surface area contributed by atoms with Crippen molar-refractivity contribution >= 4 is 0 Å². The maximum atomic E-state index is 9.89. The number of hydrogen-bond donors (Lipinski definition) is 2. The molecule has 0 aliphatic heterocycles. The molecule has 0 heterocycles. The van der Waals surface area contributed by atoms with Crippen molar-refractivity contribution < 1.29 is 9.84 Å². The van der Waals surface area contributed by atoms with E-state index in [1.54, 1.807) is 7.11 Å². The summed E-state index contributed by atoms with van der Waals surface area (Å²) in [6.07, 6.45) is 0.750. The van der Waals surface area contributed by atoms with Gasteiger partial charge < -0.3 is 15.2 Å². The van der Waals surface area contributed by atoms with Gasteiger partial charge in [0.05, 0.1) is 12.2 Å². The Balaban J connectivity index is 2.51.